The third-order valence-electron chi connectivity index (χ3n) is 2.40. The maximum Gasteiger partial charge on any atom is 0.205 e. The molecule has 4 heteroatoms. The van der Waals surface area contributed by atoms with Crippen LogP contribution in [0.15, 0.2) is 12.4 Å². The lowest BCUT2D eigenvalue weighted by Gasteiger charge is -2.24. The Labute approximate surface area is 84.8 Å². The molecule has 1 aromatic rings. The lowest BCUT2D eigenvalue weighted by molar-refractivity contribution is 0.648. The van der Waals surface area contributed by atoms with Crippen LogP contribution in [0.5, 0.6) is 0 Å². The molecule has 1 rings (SSSR count). The van der Waals surface area contributed by atoms with Gasteiger partial charge in [0.05, 0.1) is 12.5 Å². The molecule has 0 spiro atoms. The Morgan fingerprint density at radius 3 is 3.00 bits per heavy atom. The quantitative estimate of drug-likeness (QED) is 0.728. The van der Waals surface area contributed by atoms with E-state index in [9.17, 15) is 0 Å². The van der Waals surface area contributed by atoms with E-state index < -0.39 is 0 Å². The van der Waals surface area contributed by atoms with Crippen molar-refractivity contribution < 1.29 is 0 Å². The molecule has 0 aliphatic rings. The largest absolute Gasteiger partial charge is 0.342 e. The van der Waals surface area contributed by atoms with Crippen molar-refractivity contribution in [3.05, 3.63) is 12.4 Å². The van der Waals surface area contributed by atoms with E-state index in [4.69, 9.17) is 5.26 Å². The van der Waals surface area contributed by atoms with Crippen molar-refractivity contribution in [1.82, 2.24) is 9.55 Å². The number of hydrogen-bond donors (Lipinski definition) is 0. The predicted octanol–water partition coefficient (Wildman–Crippen LogP) is 1.64. The average molecular weight is 192 g/mol. The summed E-state index contributed by atoms with van der Waals surface area (Å²) < 4.78 is 2.06. The fraction of sp³-hybridized carbons (Fsp3) is 0.600. The molecule has 1 aromatic heterocycles. The molecular formula is C10H16N4. The van der Waals surface area contributed by atoms with Crippen molar-refractivity contribution in [1.29, 1.82) is 5.26 Å². The van der Waals surface area contributed by atoms with E-state index in [0.29, 0.717) is 6.42 Å². The van der Waals surface area contributed by atoms with Gasteiger partial charge in [-0.05, 0) is 13.8 Å². The Morgan fingerprint density at radius 2 is 2.43 bits per heavy atom. The molecule has 0 fully saturated rings. The van der Waals surface area contributed by atoms with Crippen molar-refractivity contribution >= 4 is 5.95 Å². The van der Waals surface area contributed by atoms with Gasteiger partial charge in [0.2, 0.25) is 5.95 Å². The average Bonchev–Trinajstić information content (AvgIpc) is 2.64. The zero-order chi connectivity index (χ0) is 10.6. The summed E-state index contributed by atoms with van der Waals surface area (Å²) in [5, 5.41) is 8.61. The molecule has 0 saturated carbocycles. The van der Waals surface area contributed by atoms with E-state index in [1.54, 1.807) is 6.20 Å². The Hall–Kier alpha value is -1.50. The van der Waals surface area contributed by atoms with Crippen molar-refractivity contribution in [2.24, 2.45) is 0 Å². The number of nitriles is 1. The van der Waals surface area contributed by atoms with Crippen LogP contribution < -0.4 is 4.90 Å². The van der Waals surface area contributed by atoms with Gasteiger partial charge < -0.3 is 9.47 Å². The minimum absolute atomic E-state index is 0.202. The number of rotatable bonds is 4. The Balaban J connectivity index is 2.78. The van der Waals surface area contributed by atoms with Crippen molar-refractivity contribution in [2.45, 2.75) is 32.9 Å². The van der Waals surface area contributed by atoms with E-state index in [0.717, 1.165) is 12.5 Å². The third-order valence-corrected chi connectivity index (χ3v) is 2.40. The fourth-order valence-electron chi connectivity index (χ4n) is 1.33. The van der Waals surface area contributed by atoms with Crippen LogP contribution in [0, 0.1) is 11.3 Å². The summed E-state index contributed by atoms with van der Waals surface area (Å²) in [4.78, 5) is 6.30. The third kappa shape index (κ3) is 2.05. The van der Waals surface area contributed by atoms with Gasteiger partial charge in [0.25, 0.3) is 0 Å². The molecule has 0 N–H and O–H groups in total. The second-order valence-corrected chi connectivity index (χ2v) is 3.34. The maximum absolute atomic E-state index is 8.61. The van der Waals surface area contributed by atoms with Gasteiger partial charge in [-0.2, -0.15) is 5.26 Å². The first-order chi connectivity index (χ1) is 6.70. The molecule has 0 aliphatic carbocycles. The fourth-order valence-corrected chi connectivity index (χ4v) is 1.33. The van der Waals surface area contributed by atoms with Crippen LogP contribution in [0.3, 0.4) is 0 Å². The molecule has 0 radical (unpaired) electrons. The zero-order valence-electron chi connectivity index (χ0n) is 8.94. The van der Waals surface area contributed by atoms with E-state index in [1.165, 1.54) is 0 Å². The molecule has 0 bridgehead atoms. The van der Waals surface area contributed by atoms with Crippen LogP contribution in [0.2, 0.25) is 0 Å². The van der Waals surface area contributed by atoms with Gasteiger partial charge in [-0.15, -0.1) is 0 Å². The number of hydrogen-bond acceptors (Lipinski definition) is 3. The first kappa shape index (κ1) is 10.6. The standard InChI is InChI=1S/C10H16N4/c1-4-14-8-7-12-10(14)13(3)9(2)5-6-11/h7-9H,4-5H2,1-3H3. The summed E-state index contributed by atoms with van der Waals surface area (Å²) >= 11 is 0. The second-order valence-electron chi connectivity index (χ2n) is 3.34. The van der Waals surface area contributed by atoms with Gasteiger partial charge in [0, 0.05) is 32.0 Å². The van der Waals surface area contributed by atoms with Gasteiger partial charge in [-0.1, -0.05) is 0 Å². The van der Waals surface area contributed by atoms with Crippen molar-refractivity contribution in [3.8, 4) is 6.07 Å². The summed E-state index contributed by atoms with van der Waals surface area (Å²) in [7, 11) is 1.97. The van der Waals surface area contributed by atoms with Gasteiger partial charge in [0.15, 0.2) is 0 Å². The zero-order valence-corrected chi connectivity index (χ0v) is 8.94. The Bertz CT molecular complexity index is 323. The van der Waals surface area contributed by atoms with E-state index in [2.05, 4.69) is 22.5 Å². The molecule has 14 heavy (non-hydrogen) atoms. The lowest BCUT2D eigenvalue weighted by atomic mass is 10.2. The van der Waals surface area contributed by atoms with Crippen LogP contribution in [-0.4, -0.2) is 22.6 Å². The van der Waals surface area contributed by atoms with Gasteiger partial charge in [-0.25, -0.2) is 4.98 Å². The molecule has 0 amide bonds. The molecule has 1 heterocycles. The summed E-state index contributed by atoms with van der Waals surface area (Å²) in [5.74, 6) is 0.926. The summed E-state index contributed by atoms with van der Waals surface area (Å²) in [6.07, 6.45) is 4.26. The highest BCUT2D eigenvalue weighted by molar-refractivity contribution is 5.31. The van der Waals surface area contributed by atoms with Gasteiger partial charge in [-0.3, -0.25) is 0 Å². The second kappa shape index (κ2) is 4.66. The van der Waals surface area contributed by atoms with E-state index >= 15 is 0 Å². The molecule has 0 aromatic carbocycles. The predicted molar refractivity (Wildman–Crippen MR) is 56.0 cm³/mol. The maximum atomic E-state index is 8.61. The number of aromatic nitrogens is 2. The molecular weight excluding hydrogens is 176 g/mol. The minimum Gasteiger partial charge on any atom is -0.342 e. The van der Waals surface area contributed by atoms with Crippen molar-refractivity contribution in [2.75, 3.05) is 11.9 Å². The van der Waals surface area contributed by atoms with Crippen LogP contribution in [0.25, 0.3) is 0 Å². The minimum atomic E-state index is 0.202. The molecule has 4 nitrogen and oxygen atoms in total. The van der Waals surface area contributed by atoms with Crippen molar-refractivity contribution in [3.63, 3.8) is 0 Å². The van der Waals surface area contributed by atoms with Crippen LogP contribution >= 0.6 is 0 Å². The number of nitrogens with zero attached hydrogens (tertiary/aromatic N) is 4. The van der Waals surface area contributed by atoms with Gasteiger partial charge >= 0.3 is 0 Å². The summed E-state index contributed by atoms with van der Waals surface area (Å²) in [6, 6.07) is 2.37. The van der Waals surface area contributed by atoms with Crippen LogP contribution in [0.4, 0.5) is 5.95 Å². The molecule has 0 saturated heterocycles. The normalized spacial score (nSPS) is 12.1. The lowest BCUT2D eigenvalue weighted by Crippen LogP contribution is -2.30. The highest BCUT2D eigenvalue weighted by Gasteiger charge is 2.13. The molecule has 76 valence electrons. The highest BCUT2D eigenvalue weighted by atomic mass is 15.3. The monoisotopic (exact) mass is 192 g/mol. The topological polar surface area (TPSA) is 44.9 Å². The van der Waals surface area contributed by atoms with Crippen LogP contribution in [0.1, 0.15) is 20.3 Å². The first-order valence-corrected chi connectivity index (χ1v) is 4.81. The Morgan fingerprint density at radius 1 is 1.71 bits per heavy atom. The number of aryl methyl sites for hydroxylation is 1. The number of imidazole rings is 1. The summed E-state index contributed by atoms with van der Waals surface area (Å²) in [5.41, 5.74) is 0. The highest BCUT2D eigenvalue weighted by Crippen LogP contribution is 2.13. The van der Waals surface area contributed by atoms with Crippen LogP contribution in [-0.2, 0) is 6.54 Å². The Kier molecular flexibility index (Phi) is 3.52. The molecule has 0 aliphatic heterocycles. The van der Waals surface area contributed by atoms with E-state index in [-0.39, 0.29) is 6.04 Å². The van der Waals surface area contributed by atoms with Gasteiger partial charge in [0.1, 0.15) is 0 Å². The SMILES string of the molecule is CCn1ccnc1N(C)C(C)CC#N. The summed E-state index contributed by atoms with van der Waals surface area (Å²) in [6.45, 7) is 5.00. The van der Waals surface area contributed by atoms with E-state index in [1.807, 2.05) is 25.1 Å². The molecule has 1 atom stereocenters. The number of anilines is 1. The smallest absolute Gasteiger partial charge is 0.205 e. The molecule has 1 unspecified atom stereocenters. The first-order valence-electron chi connectivity index (χ1n) is 4.81.